The molecule has 9 rings (SSSR count). The van der Waals surface area contributed by atoms with Crippen molar-refractivity contribution >= 4 is 34.1 Å². The van der Waals surface area contributed by atoms with Gasteiger partial charge >= 0.3 is 0 Å². The van der Waals surface area contributed by atoms with Gasteiger partial charge in [0, 0.05) is 17.3 Å². The number of anilines is 6. The molecule has 7 aromatic carbocycles. The topological polar surface area (TPSA) is 72.5 Å². The Morgan fingerprint density at radius 2 is 0.725 bits per heavy atom. The van der Waals surface area contributed by atoms with E-state index in [2.05, 4.69) is 64.4 Å². The molecule has 7 aromatic rings. The molecule has 0 saturated carbocycles. The molecule has 0 unspecified atom stereocenters. The summed E-state index contributed by atoms with van der Waals surface area (Å²) in [6.07, 6.45) is 0. The van der Waals surface area contributed by atoms with Gasteiger partial charge in [0.15, 0.2) is 23.0 Å². The predicted octanol–water partition coefficient (Wildman–Crippen LogP) is 11.8. The highest BCUT2D eigenvalue weighted by Gasteiger charge is 2.31. The van der Waals surface area contributed by atoms with Gasteiger partial charge in [0.1, 0.15) is 0 Å². The third kappa shape index (κ3) is 5.20. The fraction of sp³-hybridized carbons (Fsp3) is 0.0222. The van der Waals surface area contributed by atoms with Crippen molar-refractivity contribution in [1.29, 1.82) is 10.5 Å². The molecular weight excluding hydrogens is 629 g/mol. The van der Waals surface area contributed by atoms with Gasteiger partial charge in [-0.05, 0) is 108 Å². The molecular formula is C45H28N4O2. The normalized spacial score (nSPS) is 12.3. The van der Waals surface area contributed by atoms with Gasteiger partial charge in [-0.2, -0.15) is 10.5 Å². The first-order valence-corrected chi connectivity index (χ1v) is 16.7. The summed E-state index contributed by atoms with van der Waals surface area (Å²) < 4.78 is 12.8. The van der Waals surface area contributed by atoms with Crippen LogP contribution in [0.3, 0.4) is 0 Å². The van der Waals surface area contributed by atoms with Crippen LogP contribution in [0.4, 0.5) is 34.1 Å². The lowest BCUT2D eigenvalue weighted by atomic mass is 9.84. The second-order valence-electron chi connectivity index (χ2n) is 12.4. The lowest BCUT2D eigenvalue weighted by molar-refractivity contribution is 0.477. The van der Waals surface area contributed by atoms with Crippen molar-refractivity contribution in [3.63, 3.8) is 0 Å². The highest BCUT2D eigenvalue weighted by atomic mass is 16.5. The average molecular weight is 657 g/mol. The molecule has 0 spiro atoms. The first kappa shape index (κ1) is 29.8. The number of hydrogen-bond acceptors (Lipinski definition) is 6. The summed E-state index contributed by atoms with van der Waals surface area (Å²) in [6.45, 7) is 0. The van der Waals surface area contributed by atoms with Gasteiger partial charge in [-0.25, -0.2) is 0 Å². The van der Waals surface area contributed by atoms with E-state index in [0.29, 0.717) is 11.1 Å². The van der Waals surface area contributed by atoms with Crippen molar-refractivity contribution in [2.75, 3.05) is 9.80 Å². The minimum atomic E-state index is -0.234. The monoisotopic (exact) mass is 656 g/mol. The molecule has 0 bridgehead atoms. The summed E-state index contributed by atoms with van der Waals surface area (Å²) in [6, 6.07) is 59.1. The first-order valence-electron chi connectivity index (χ1n) is 16.7. The summed E-state index contributed by atoms with van der Waals surface area (Å²) >= 11 is 0. The highest BCUT2D eigenvalue weighted by Crippen LogP contribution is 2.54. The van der Waals surface area contributed by atoms with Crippen LogP contribution in [0.25, 0.3) is 0 Å². The zero-order valence-electron chi connectivity index (χ0n) is 27.3. The van der Waals surface area contributed by atoms with E-state index in [9.17, 15) is 10.5 Å². The van der Waals surface area contributed by atoms with E-state index in [1.807, 2.05) is 121 Å². The molecule has 0 amide bonds. The van der Waals surface area contributed by atoms with Gasteiger partial charge in [0.2, 0.25) is 0 Å². The summed E-state index contributed by atoms with van der Waals surface area (Å²) in [5, 5.41) is 19.3. The predicted molar refractivity (Wildman–Crippen MR) is 199 cm³/mol. The quantitative estimate of drug-likeness (QED) is 0.172. The van der Waals surface area contributed by atoms with E-state index < -0.39 is 0 Å². The van der Waals surface area contributed by atoms with Gasteiger partial charge in [-0.15, -0.1) is 0 Å². The number of para-hydroxylation sites is 8. The lowest BCUT2D eigenvalue weighted by Gasteiger charge is -2.36. The number of fused-ring (bicyclic) bond motifs is 4. The van der Waals surface area contributed by atoms with E-state index >= 15 is 0 Å². The molecule has 0 atom stereocenters. The molecule has 0 saturated heterocycles. The molecule has 2 heterocycles. The molecule has 2 aliphatic rings. The lowest BCUT2D eigenvalue weighted by Crippen LogP contribution is -2.19. The van der Waals surface area contributed by atoms with Crippen LogP contribution in [-0.2, 0) is 0 Å². The molecule has 0 aromatic heterocycles. The first-order chi connectivity index (χ1) is 25.2. The average Bonchev–Trinajstić information content (AvgIpc) is 3.19. The van der Waals surface area contributed by atoms with Gasteiger partial charge in [-0.1, -0.05) is 72.8 Å². The van der Waals surface area contributed by atoms with Gasteiger partial charge in [0.05, 0.1) is 46.0 Å². The minimum Gasteiger partial charge on any atom is -0.453 e. The number of rotatable bonds is 5. The Kier molecular flexibility index (Phi) is 7.20. The third-order valence-electron chi connectivity index (χ3n) is 9.39. The summed E-state index contributed by atoms with van der Waals surface area (Å²) in [7, 11) is 0. The largest absolute Gasteiger partial charge is 0.453 e. The fourth-order valence-corrected chi connectivity index (χ4v) is 7.09. The standard InChI is InChI=1S/C45H28N4O2/c46-28-30-17-21-32(22-18-30)45(33-23-19-31(29-47)20-24-33)34-25-35(48-37-9-1-5-13-41(37)50-42-14-6-2-10-38(42)48)27-36(26-34)49-39-11-3-7-15-43(39)51-44-16-8-4-12-40(44)49/h1-27,45H. The Balaban J connectivity index is 1.34. The van der Waals surface area contributed by atoms with Crippen molar-refractivity contribution in [2.24, 2.45) is 0 Å². The molecule has 0 aliphatic carbocycles. The van der Waals surface area contributed by atoms with Gasteiger partial charge in [-0.3, -0.25) is 0 Å². The fourth-order valence-electron chi connectivity index (χ4n) is 7.09. The molecule has 2 aliphatic heterocycles. The van der Waals surface area contributed by atoms with E-state index in [0.717, 1.165) is 73.8 Å². The van der Waals surface area contributed by atoms with E-state index in [1.165, 1.54) is 0 Å². The van der Waals surface area contributed by atoms with Crippen molar-refractivity contribution in [1.82, 2.24) is 0 Å². The van der Waals surface area contributed by atoms with Crippen LogP contribution in [-0.4, -0.2) is 0 Å². The van der Waals surface area contributed by atoms with Crippen LogP contribution < -0.4 is 19.3 Å². The van der Waals surface area contributed by atoms with Crippen molar-refractivity contribution in [3.8, 4) is 35.1 Å². The minimum absolute atomic E-state index is 0.234. The van der Waals surface area contributed by atoms with E-state index in [-0.39, 0.29) is 5.92 Å². The van der Waals surface area contributed by atoms with Crippen LogP contribution in [0.1, 0.15) is 33.7 Å². The maximum atomic E-state index is 9.63. The maximum absolute atomic E-state index is 9.63. The van der Waals surface area contributed by atoms with E-state index in [4.69, 9.17) is 9.47 Å². The van der Waals surface area contributed by atoms with E-state index in [1.54, 1.807) is 0 Å². The number of ether oxygens (including phenoxy) is 2. The Labute approximate surface area is 295 Å². The number of nitriles is 2. The second kappa shape index (κ2) is 12.3. The van der Waals surface area contributed by atoms with Gasteiger partial charge < -0.3 is 19.3 Å². The zero-order valence-corrected chi connectivity index (χ0v) is 27.3. The maximum Gasteiger partial charge on any atom is 0.151 e. The SMILES string of the molecule is N#Cc1ccc(C(c2ccc(C#N)cc2)c2cc(N3c4ccccc4Oc4ccccc43)cc(N3c4ccccc4Oc4ccccc43)c2)cc1. The Morgan fingerprint density at radius 1 is 0.392 bits per heavy atom. The smallest absolute Gasteiger partial charge is 0.151 e. The molecule has 6 nitrogen and oxygen atoms in total. The van der Waals surface area contributed by atoms with Crippen molar-refractivity contribution in [2.45, 2.75) is 5.92 Å². The zero-order chi connectivity index (χ0) is 34.3. The number of nitrogens with zero attached hydrogens (tertiary/aromatic N) is 4. The van der Waals surface area contributed by atoms with Gasteiger partial charge in [0.25, 0.3) is 0 Å². The summed E-state index contributed by atoms with van der Waals surface area (Å²) in [5.41, 5.74) is 9.85. The van der Waals surface area contributed by atoms with Crippen molar-refractivity contribution < 1.29 is 9.47 Å². The number of hydrogen-bond donors (Lipinski definition) is 0. The Hall–Kier alpha value is -7.28. The van der Waals surface area contributed by atoms with Crippen molar-refractivity contribution in [3.05, 3.63) is 192 Å². The molecule has 0 radical (unpaired) electrons. The van der Waals surface area contributed by atoms with Crippen LogP contribution in [0.5, 0.6) is 23.0 Å². The molecule has 240 valence electrons. The molecule has 0 fully saturated rings. The van der Waals surface area contributed by atoms with Crippen LogP contribution in [0.15, 0.2) is 164 Å². The highest BCUT2D eigenvalue weighted by molar-refractivity contribution is 5.91. The van der Waals surface area contributed by atoms with Crippen LogP contribution >= 0.6 is 0 Å². The second-order valence-corrected chi connectivity index (χ2v) is 12.4. The molecule has 0 N–H and O–H groups in total. The number of benzene rings is 7. The Bertz CT molecular complexity index is 2270. The van der Waals surface area contributed by atoms with Crippen LogP contribution in [0, 0.1) is 22.7 Å². The summed E-state index contributed by atoms with van der Waals surface area (Å²) in [5.74, 6) is 2.83. The Morgan fingerprint density at radius 3 is 1.06 bits per heavy atom. The van der Waals surface area contributed by atoms with Crippen LogP contribution in [0.2, 0.25) is 0 Å². The molecule has 51 heavy (non-hydrogen) atoms. The molecule has 6 heteroatoms. The summed E-state index contributed by atoms with van der Waals surface area (Å²) in [4.78, 5) is 4.52. The third-order valence-corrected chi connectivity index (χ3v) is 9.39.